The molecule has 5 heteroatoms. The largest absolute Gasteiger partial charge is 0.338 e. The van der Waals surface area contributed by atoms with E-state index in [0.717, 1.165) is 43.6 Å². The minimum atomic E-state index is 0.886. The average Bonchev–Trinajstić information content (AvgIpc) is 2.50. The molecule has 2 fully saturated rings. The number of nitrogens with one attached hydrogen (secondary N) is 1. The van der Waals surface area contributed by atoms with E-state index in [2.05, 4.69) is 25.1 Å². The lowest BCUT2D eigenvalue weighted by Crippen LogP contribution is -2.49. The number of piperidine rings is 1. The highest BCUT2D eigenvalue weighted by molar-refractivity contribution is 5.30. The first kappa shape index (κ1) is 13.8. The Balaban J connectivity index is 1.47. The van der Waals surface area contributed by atoms with Crippen LogP contribution in [-0.2, 0) is 0 Å². The molecule has 0 radical (unpaired) electrons. The van der Waals surface area contributed by atoms with E-state index in [4.69, 9.17) is 0 Å². The highest BCUT2D eigenvalue weighted by atomic mass is 15.3. The third kappa shape index (κ3) is 3.46. The van der Waals surface area contributed by atoms with Gasteiger partial charge in [-0.05, 0) is 44.3 Å². The molecule has 5 nitrogen and oxygen atoms in total. The third-order valence-electron chi connectivity index (χ3n) is 4.40. The molecule has 1 aromatic heterocycles. The number of nitrogens with zero attached hydrogens (tertiary/aromatic N) is 4. The molecule has 110 valence electrons. The maximum absolute atomic E-state index is 4.43. The summed E-state index contributed by atoms with van der Waals surface area (Å²) in [5, 5.41) is 3.44. The van der Waals surface area contributed by atoms with Gasteiger partial charge in [-0.15, -0.1) is 0 Å². The van der Waals surface area contributed by atoms with Gasteiger partial charge < -0.3 is 10.2 Å². The van der Waals surface area contributed by atoms with Gasteiger partial charge in [0, 0.05) is 45.1 Å². The zero-order valence-electron chi connectivity index (χ0n) is 12.4. The predicted molar refractivity (Wildman–Crippen MR) is 81.0 cm³/mol. The molecule has 2 saturated heterocycles. The number of aromatic nitrogens is 2. The van der Waals surface area contributed by atoms with E-state index in [-0.39, 0.29) is 0 Å². The first-order valence-electron chi connectivity index (χ1n) is 7.78. The summed E-state index contributed by atoms with van der Waals surface area (Å²) < 4.78 is 0. The second-order valence-corrected chi connectivity index (χ2v) is 6.04. The molecule has 0 amide bonds. The SMILES string of the molecule is Cc1cnc(N2CCN(CC3CCNCC3)CC2)nc1. The lowest BCUT2D eigenvalue weighted by atomic mass is 9.97. The molecular formula is C15H25N5. The zero-order chi connectivity index (χ0) is 13.8. The second-order valence-electron chi connectivity index (χ2n) is 6.04. The molecular weight excluding hydrogens is 250 g/mol. The molecule has 20 heavy (non-hydrogen) atoms. The summed E-state index contributed by atoms with van der Waals surface area (Å²) in [6, 6.07) is 0. The van der Waals surface area contributed by atoms with Crippen molar-refractivity contribution in [3.05, 3.63) is 18.0 Å². The molecule has 0 unspecified atom stereocenters. The fourth-order valence-electron chi connectivity index (χ4n) is 3.11. The van der Waals surface area contributed by atoms with Crippen LogP contribution >= 0.6 is 0 Å². The highest BCUT2D eigenvalue weighted by Gasteiger charge is 2.22. The predicted octanol–water partition coefficient (Wildman–Crippen LogP) is 0.907. The zero-order valence-corrected chi connectivity index (χ0v) is 12.4. The molecule has 0 saturated carbocycles. The van der Waals surface area contributed by atoms with E-state index in [1.165, 1.54) is 32.5 Å². The summed E-state index contributed by atoms with van der Waals surface area (Å²) in [6.07, 6.45) is 6.48. The van der Waals surface area contributed by atoms with E-state index in [9.17, 15) is 0 Å². The normalized spacial score (nSPS) is 22.1. The molecule has 3 rings (SSSR count). The van der Waals surface area contributed by atoms with Gasteiger partial charge in [0.05, 0.1) is 0 Å². The van der Waals surface area contributed by atoms with E-state index >= 15 is 0 Å². The molecule has 0 aromatic carbocycles. The Morgan fingerprint density at radius 1 is 1.10 bits per heavy atom. The van der Waals surface area contributed by atoms with Gasteiger partial charge in [0.2, 0.25) is 5.95 Å². The lowest BCUT2D eigenvalue weighted by Gasteiger charge is -2.37. The van der Waals surface area contributed by atoms with Crippen molar-refractivity contribution in [2.45, 2.75) is 19.8 Å². The first-order chi connectivity index (χ1) is 9.81. The van der Waals surface area contributed by atoms with Crippen LogP contribution in [-0.4, -0.2) is 60.7 Å². The average molecular weight is 275 g/mol. The standard InChI is InChI=1S/C15H25N5/c1-13-10-17-15(18-11-13)20-8-6-19(7-9-20)12-14-2-4-16-5-3-14/h10-11,14,16H,2-9,12H2,1H3. The van der Waals surface area contributed by atoms with Crippen molar-refractivity contribution in [2.75, 3.05) is 50.7 Å². The summed E-state index contributed by atoms with van der Waals surface area (Å²) in [7, 11) is 0. The van der Waals surface area contributed by atoms with Crippen LogP contribution in [0.25, 0.3) is 0 Å². The summed E-state index contributed by atoms with van der Waals surface area (Å²) in [6.45, 7) is 10.1. The Morgan fingerprint density at radius 2 is 1.75 bits per heavy atom. The van der Waals surface area contributed by atoms with Gasteiger partial charge in [0.25, 0.3) is 0 Å². The lowest BCUT2D eigenvalue weighted by molar-refractivity contribution is 0.196. The summed E-state index contributed by atoms with van der Waals surface area (Å²) in [4.78, 5) is 13.8. The molecule has 3 heterocycles. The Morgan fingerprint density at radius 3 is 2.40 bits per heavy atom. The van der Waals surface area contributed by atoms with Gasteiger partial charge in [0.1, 0.15) is 0 Å². The molecule has 0 bridgehead atoms. The van der Waals surface area contributed by atoms with Crippen molar-refractivity contribution < 1.29 is 0 Å². The van der Waals surface area contributed by atoms with Gasteiger partial charge in [-0.3, -0.25) is 4.90 Å². The molecule has 0 aliphatic carbocycles. The molecule has 2 aliphatic rings. The number of hydrogen-bond acceptors (Lipinski definition) is 5. The van der Waals surface area contributed by atoms with Crippen LogP contribution in [0.15, 0.2) is 12.4 Å². The minimum absolute atomic E-state index is 0.886. The summed E-state index contributed by atoms with van der Waals surface area (Å²) >= 11 is 0. The number of anilines is 1. The number of aryl methyl sites for hydroxylation is 1. The Kier molecular flexibility index (Phi) is 4.47. The van der Waals surface area contributed by atoms with Crippen LogP contribution in [0.4, 0.5) is 5.95 Å². The van der Waals surface area contributed by atoms with Gasteiger partial charge in [-0.2, -0.15) is 0 Å². The van der Waals surface area contributed by atoms with Crippen molar-refractivity contribution in [2.24, 2.45) is 5.92 Å². The minimum Gasteiger partial charge on any atom is -0.338 e. The molecule has 0 spiro atoms. The van der Waals surface area contributed by atoms with E-state index < -0.39 is 0 Å². The Hall–Kier alpha value is -1.20. The van der Waals surface area contributed by atoms with Gasteiger partial charge in [-0.1, -0.05) is 0 Å². The molecule has 1 aromatic rings. The van der Waals surface area contributed by atoms with Gasteiger partial charge in [-0.25, -0.2) is 9.97 Å². The fraction of sp³-hybridized carbons (Fsp3) is 0.733. The molecule has 0 atom stereocenters. The molecule has 1 N–H and O–H groups in total. The molecule has 2 aliphatic heterocycles. The maximum Gasteiger partial charge on any atom is 0.225 e. The quantitative estimate of drug-likeness (QED) is 0.888. The van der Waals surface area contributed by atoms with Crippen LogP contribution in [0.1, 0.15) is 18.4 Å². The van der Waals surface area contributed by atoms with E-state index in [1.807, 2.05) is 19.3 Å². The monoisotopic (exact) mass is 275 g/mol. The Bertz CT molecular complexity index is 405. The summed E-state index contributed by atoms with van der Waals surface area (Å²) in [5.41, 5.74) is 1.12. The Labute approximate surface area is 121 Å². The topological polar surface area (TPSA) is 44.3 Å². The van der Waals surface area contributed by atoms with Crippen LogP contribution in [0.5, 0.6) is 0 Å². The van der Waals surface area contributed by atoms with Crippen LogP contribution in [0, 0.1) is 12.8 Å². The highest BCUT2D eigenvalue weighted by Crippen LogP contribution is 2.16. The number of rotatable bonds is 3. The van der Waals surface area contributed by atoms with Crippen LogP contribution < -0.4 is 10.2 Å². The van der Waals surface area contributed by atoms with Crippen molar-refractivity contribution in [1.82, 2.24) is 20.2 Å². The van der Waals surface area contributed by atoms with Crippen molar-refractivity contribution in [3.8, 4) is 0 Å². The summed E-state index contributed by atoms with van der Waals surface area (Å²) in [5.74, 6) is 1.77. The van der Waals surface area contributed by atoms with Crippen molar-refractivity contribution in [1.29, 1.82) is 0 Å². The second kappa shape index (κ2) is 6.50. The first-order valence-corrected chi connectivity index (χ1v) is 7.78. The van der Waals surface area contributed by atoms with Crippen molar-refractivity contribution in [3.63, 3.8) is 0 Å². The van der Waals surface area contributed by atoms with Crippen LogP contribution in [0.3, 0.4) is 0 Å². The number of hydrogen-bond donors (Lipinski definition) is 1. The number of piperazine rings is 1. The van der Waals surface area contributed by atoms with E-state index in [1.54, 1.807) is 0 Å². The van der Waals surface area contributed by atoms with Gasteiger partial charge >= 0.3 is 0 Å². The van der Waals surface area contributed by atoms with E-state index in [0.29, 0.717) is 0 Å². The third-order valence-corrected chi connectivity index (χ3v) is 4.40. The van der Waals surface area contributed by atoms with Gasteiger partial charge in [0.15, 0.2) is 0 Å². The smallest absolute Gasteiger partial charge is 0.225 e. The van der Waals surface area contributed by atoms with Crippen LogP contribution in [0.2, 0.25) is 0 Å². The van der Waals surface area contributed by atoms with Crippen molar-refractivity contribution >= 4 is 5.95 Å². The fourth-order valence-corrected chi connectivity index (χ4v) is 3.11. The maximum atomic E-state index is 4.43.